The van der Waals surface area contributed by atoms with E-state index in [1.165, 1.54) is 17.5 Å². The van der Waals surface area contributed by atoms with Gasteiger partial charge >= 0.3 is 0 Å². The molecule has 0 aliphatic rings. The highest BCUT2D eigenvalue weighted by Crippen LogP contribution is 2.34. The summed E-state index contributed by atoms with van der Waals surface area (Å²) < 4.78 is 0. The molecule has 0 fully saturated rings. The summed E-state index contributed by atoms with van der Waals surface area (Å²) in [7, 11) is 0. The van der Waals surface area contributed by atoms with Crippen molar-refractivity contribution < 1.29 is 4.79 Å². The van der Waals surface area contributed by atoms with Crippen molar-refractivity contribution in [3.8, 4) is 0 Å². The Bertz CT molecular complexity index is 829. The fraction of sp³-hybridized carbons (Fsp3) is 0. The van der Waals surface area contributed by atoms with Gasteiger partial charge in [-0.2, -0.15) is 0 Å². The molecule has 0 atom stereocenters. The number of fused-ring (bicyclic) bond motifs is 1. The molecule has 1 amide bonds. The van der Waals surface area contributed by atoms with Crippen molar-refractivity contribution in [2.24, 2.45) is 0 Å². The summed E-state index contributed by atoms with van der Waals surface area (Å²) in [5.74, 6) is -0.396. The standard InChI is InChI=1S/C13H8Cl2N4OS/c14-6-2-1-3-7(15)9(6)19-12(20)11-8(16)10-13(21-11)18-5-4-17-10/h1-5H,16H2,(H,19,20). The van der Waals surface area contributed by atoms with Crippen LogP contribution in [0.4, 0.5) is 11.4 Å². The Morgan fingerprint density at radius 3 is 2.52 bits per heavy atom. The minimum Gasteiger partial charge on any atom is -0.396 e. The van der Waals surface area contributed by atoms with Crippen molar-refractivity contribution in [2.45, 2.75) is 0 Å². The maximum atomic E-state index is 12.4. The molecule has 5 nitrogen and oxygen atoms in total. The molecular weight excluding hydrogens is 331 g/mol. The third-order valence-electron chi connectivity index (χ3n) is 2.77. The highest BCUT2D eigenvalue weighted by molar-refractivity contribution is 7.21. The fourth-order valence-corrected chi connectivity index (χ4v) is 3.21. The lowest BCUT2D eigenvalue weighted by atomic mass is 10.3. The topological polar surface area (TPSA) is 80.9 Å². The van der Waals surface area contributed by atoms with E-state index in [-0.39, 0.29) is 0 Å². The zero-order chi connectivity index (χ0) is 15.0. The molecule has 0 radical (unpaired) electrons. The van der Waals surface area contributed by atoms with E-state index in [1.807, 2.05) is 0 Å². The van der Waals surface area contributed by atoms with Gasteiger partial charge in [-0.1, -0.05) is 29.3 Å². The van der Waals surface area contributed by atoms with E-state index in [0.717, 1.165) is 0 Å². The summed E-state index contributed by atoms with van der Waals surface area (Å²) in [4.78, 5) is 21.5. The summed E-state index contributed by atoms with van der Waals surface area (Å²) >= 11 is 13.2. The number of hydrogen-bond acceptors (Lipinski definition) is 5. The number of nitrogens with two attached hydrogens (primary N) is 1. The molecule has 1 aromatic carbocycles. The monoisotopic (exact) mass is 338 g/mol. The molecular formula is C13H8Cl2N4OS. The second kappa shape index (κ2) is 5.48. The summed E-state index contributed by atoms with van der Waals surface area (Å²) in [5, 5.41) is 3.38. The van der Waals surface area contributed by atoms with E-state index in [9.17, 15) is 4.79 Å². The van der Waals surface area contributed by atoms with Crippen LogP contribution < -0.4 is 11.1 Å². The molecule has 0 bridgehead atoms. The minimum atomic E-state index is -0.396. The Morgan fingerprint density at radius 1 is 1.19 bits per heavy atom. The Balaban J connectivity index is 2.00. The third kappa shape index (κ3) is 2.53. The van der Waals surface area contributed by atoms with Crippen LogP contribution in [0.1, 0.15) is 9.67 Å². The molecule has 3 N–H and O–H groups in total. The minimum absolute atomic E-state index is 0.295. The average Bonchev–Trinajstić information content (AvgIpc) is 2.81. The number of hydrogen-bond donors (Lipinski definition) is 2. The quantitative estimate of drug-likeness (QED) is 0.743. The van der Waals surface area contributed by atoms with Crippen LogP contribution in [-0.2, 0) is 0 Å². The number of carbonyl (C=O) groups is 1. The van der Waals surface area contributed by atoms with Crippen molar-refractivity contribution in [1.29, 1.82) is 0 Å². The molecule has 2 heterocycles. The van der Waals surface area contributed by atoms with E-state index in [1.54, 1.807) is 24.4 Å². The first-order chi connectivity index (χ1) is 10.1. The number of aromatic nitrogens is 2. The van der Waals surface area contributed by atoms with Crippen LogP contribution in [0.15, 0.2) is 30.6 Å². The van der Waals surface area contributed by atoms with E-state index in [4.69, 9.17) is 28.9 Å². The lowest BCUT2D eigenvalue weighted by Crippen LogP contribution is -2.12. The molecule has 2 aromatic heterocycles. The van der Waals surface area contributed by atoms with Crippen molar-refractivity contribution in [3.05, 3.63) is 45.5 Å². The van der Waals surface area contributed by atoms with E-state index >= 15 is 0 Å². The molecule has 0 spiro atoms. The summed E-state index contributed by atoms with van der Waals surface area (Å²) in [6.45, 7) is 0. The lowest BCUT2D eigenvalue weighted by Gasteiger charge is -2.08. The molecule has 0 saturated carbocycles. The maximum Gasteiger partial charge on any atom is 0.268 e. The predicted molar refractivity (Wildman–Crippen MR) is 86.2 cm³/mol. The van der Waals surface area contributed by atoms with Gasteiger partial charge in [-0.15, -0.1) is 11.3 Å². The summed E-state index contributed by atoms with van der Waals surface area (Å²) in [6, 6.07) is 4.98. The Kier molecular flexibility index (Phi) is 3.67. The van der Waals surface area contributed by atoms with E-state index in [2.05, 4.69) is 15.3 Å². The molecule has 0 unspecified atom stereocenters. The van der Waals surface area contributed by atoms with E-state index in [0.29, 0.717) is 36.6 Å². The number of thiophene rings is 1. The Hall–Kier alpha value is -1.89. The van der Waals surface area contributed by atoms with Gasteiger partial charge in [0, 0.05) is 12.4 Å². The van der Waals surface area contributed by atoms with Gasteiger partial charge in [0.1, 0.15) is 15.2 Å². The summed E-state index contributed by atoms with van der Waals surface area (Å²) in [5.41, 5.74) is 7.11. The molecule has 3 rings (SSSR count). The van der Waals surface area contributed by atoms with Crippen molar-refractivity contribution in [1.82, 2.24) is 9.97 Å². The van der Waals surface area contributed by atoms with Crippen LogP contribution in [0, 0.1) is 0 Å². The van der Waals surface area contributed by atoms with Gasteiger partial charge in [-0.3, -0.25) is 4.79 Å². The van der Waals surface area contributed by atoms with Gasteiger partial charge in [0.2, 0.25) is 0 Å². The molecule has 0 saturated heterocycles. The first-order valence-corrected chi connectivity index (χ1v) is 7.39. The third-order valence-corrected chi connectivity index (χ3v) is 4.50. The average molecular weight is 339 g/mol. The Morgan fingerprint density at radius 2 is 1.86 bits per heavy atom. The molecule has 8 heteroatoms. The number of para-hydroxylation sites is 1. The van der Waals surface area contributed by atoms with Gasteiger partial charge in [-0.25, -0.2) is 9.97 Å². The van der Waals surface area contributed by atoms with Crippen LogP contribution in [0.3, 0.4) is 0 Å². The van der Waals surface area contributed by atoms with Crippen LogP contribution >= 0.6 is 34.5 Å². The largest absolute Gasteiger partial charge is 0.396 e. The van der Waals surface area contributed by atoms with Crippen LogP contribution in [0.25, 0.3) is 10.3 Å². The van der Waals surface area contributed by atoms with Gasteiger partial charge in [0.25, 0.3) is 5.91 Å². The number of nitrogens with one attached hydrogen (secondary N) is 1. The molecule has 106 valence electrons. The second-order valence-electron chi connectivity index (χ2n) is 4.11. The lowest BCUT2D eigenvalue weighted by molar-refractivity contribution is 0.103. The highest BCUT2D eigenvalue weighted by atomic mass is 35.5. The first-order valence-electron chi connectivity index (χ1n) is 5.82. The zero-order valence-electron chi connectivity index (χ0n) is 10.4. The molecule has 21 heavy (non-hydrogen) atoms. The number of nitrogen functional groups attached to an aromatic ring is 1. The van der Waals surface area contributed by atoms with Gasteiger partial charge in [0.05, 0.1) is 21.4 Å². The number of halogens is 2. The number of amides is 1. The van der Waals surface area contributed by atoms with Gasteiger partial charge in [-0.05, 0) is 12.1 Å². The molecule has 0 aliphatic heterocycles. The highest BCUT2D eigenvalue weighted by Gasteiger charge is 2.19. The van der Waals surface area contributed by atoms with E-state index < -0.39 is 5.91 Å². The zero-order valence-corrected chi connectivity index (χ0v) is 12.8. The number of benzene rings is 1. The number of anilines is 2. The predicted octanol–water partition coefficient (Wildman–Crippen LogP) is 3.83. The van der Waals surface area contributed by atoms with Crippen LogP contribution in [0.5, 0.6) is 0 Å². The van der Waals surface area contributed by atoms with Crippen molar-refractivity contribution in [2.75, 3.05) is 11.1 Å². The van der Waals surface area contributed by atoms with Crippen molar-refractivity contribution in [3.63, 3.8) is 0 Å². The number of carbonyl (C=O) groups excluding carboxylic acids is 1. The number of rotatable bonds is 2. The fourth-order valence-electron chi connectivity index (χ4n) is 1.80. The SMILES string of the molecule is Nc1c(C(=O)Nc2c(Cl)cccc2Cl)sc2nccnc12. The molecule has 3 aromatic rings. The van der Waals surface area contributed by atoms with Crippen LogP contribution in [0.2, 0.25) is 10.0 Å². The number of nitrogens with zero attached hydrogens (tertiary/aromatic N) is 2. The van der Waals surface area contributed by atoms with Gasteiger partial charge in [0.15, 0.2) is 0 Å². The second-order valence-corrected chi connectivity index (χ2v) is 5.92. The molecule has 0 aliphatic carbocycles. The summed E-state index contributed by atoms with van der Waals surface area (Å²) in [6.07, 6.45) is 3.07. The van der Waals surface area contributed by atoms with Crippen LogP contribution in [-0.4, -0.2) is 15.9 Å². The Labute approximate surface area is 133 Å². The van der Waals surface area contributed by atoms with Crippen molar-refractivity contribution >= 4 is 62.2 Å². The maximum absolute atomic E-state index is 12.4. The first kappa shape index (κ1) is 14.1. The smallest absolute Gasteiger partial charge is 0.268 e. The van der Waals surface area contributed by atoms with Gasteiger partial charge < -0.3 is 11.1 Å². The normalized spacial score (nSPS) is 10.8.